The van der Waals surface area contributed by atoms with Crippen molar-refractivity contribution in [3.05, 3.63) is 0 Å². The summed E-state index contributed by atoms with van der Waals surface area (Å²) >= 11 is 0. The molecule has 0 aliphatic rings. The van der Waals surface area contributed by atoms with Crippen LogP contribution in [0.15, 0.2) is 0 Å². The smallest absolute Gasteiger partial charge is 0.300 e. The molecule has 0 aliphatic carbocycles. The second-order valence-corrected chi connectivity index (χ2v) is 0.966. The molecule has 0 aliphatic heterocycles. The van der Waals surface area contributed by atoms with E-state index in [-0.39, 0.29) is 64.6 Å². The second kappa shape index (κ2) is 16.0. The molecule has 9 heavy (non-hydrogen) atoms. The minimum atomic E-state index is -0.833. The number of aliphatic carboxylic acids is 1. The molecule has 0 aromatic carbocycles. The Hall–Kier alpha value is 1.03. The Morgan fingerprint density at radius 2 is 1.44 bits per heavy atom. The van der Waals surface area contributed by atoms with Crippen molar-refractivity contribution in [2.24, 2.45) is 0 Å². The second-order valence-electron chi connectivity index (χ2n) is 0.966. The number of carbonyl (C=O) groups is 1. The number of carboxylic acids is 1. The summed E-state index contributed by atoms with van der Waals surface area (Å²) < 4.78 is 0. The van der Waals surface area contributed by atoms with E-state index in [0.29, 0.717) is 0 Å². The molecule has 51 valence electrons. The zero-order valence-corrected chi connectivity index (χ0v) is 8.79. The van der Waals surface area contributed by atoms with Gasteiger partial charge in [-0.25, -0.2) is 0 Å². The molecule has 0 amide bonds. The molecule has 4 nitrogen and oxygen atoms in total. The zero-order chi connectivity index (χ0) is 6.99. The molecule has 1 radical (unpaired) electrons. The Kier molecular flexibility index (Phi) is 29.4. The molecule has 3 N–H and O–H groups in total. The van der Waals surface area contributed by atoms with Crippen molar-refractivity contribution >= 4 is 57.4 Å². The van der Waals surface area contributed by atoms with Gasteiger partial charge >= 0.3 is 0 Å². The summed E-state index contributed by atoms with van der Waals surface area (Å²) in [7, 11) is 0. The van der Waals surface area contributed by atoms with Crippen molar-refractivity contribution < 1.29 is 20.1 Å². The van der Waals surface area contributed by atoms with Gasteiger partial charge in [0.25, 0.3) is 5.97 Å². The summed E-state index contributed by atoms with van der Waals surface area (Å²) in [4.78, 5) is 9.00. The predicted molar refractivity (Wildman–Crippen MR) is 33.2 cm³/mol. The molecule has 0 saturated heterocycles. The first-order chi connectivity index (χ1) is 3.65. The van der Waals surface area contributed by atoms with E-state index in [0.717, 1.165) is 6.92 Å². The Morgan fingerprint density at radius 3 is 1.44 bits per heavy atom. The van der Waals surface area contributed by atoms with Crippen LogP contribution in [-0.2, 0) is 4.79 Å². The van der Waals surface area contributed by atoms with Crippen LogP contribution < -0.4 is 0 Å². The van der Waals surface area contributed by atoms with Crippen molar-refractivity contribution in [3.8, 4) is 0 Å². The van der Waals surface area contributed by atoms with Crippen molar-refractivity contribution in [2.75, 3.05) is 13.2 Å². The first kappa shape index (κ1) is 16.5. The number of aliphatic hydroxyl groups is 2. The van der Waals surface area contributed by atoms with Crippen LogP contribution in [0.5, 0.6) is 0 Å². The van der Waals surface area contributed by atoms with Gasteiger partial charge in [0.2, 0.25) is 0 Å². The maximum absolute atomic E-state index is 9.00. The number of hydrogen-bond acceptors (Lipinski definition) is 3. The summed E-state index contributed by atoms with van der Waals surface area (Å²) in [6, 6.07) is 0. The van der Waals surface area contributed by atoms with Gasteiger partial charge < -0.3 is 15.3 Å². The van der Waals surface area contributed by atoms with E-state index in [4.69, 9.17) is 20.1 Å². The third-order valence-electron chi connectivity index (χ3n) is 0.1000. The van der Waals surface area contributed by atoms with Gasteiger partial charge in [0.05, 0.1) is 13.2 Å². The monoisotopic (exact) mass is 161 g/mol. The maximum Gasteiger partial charge on any atom is 0.300 e. The van der Waals surface area contributed by atoms with Gasteiger partial charge in [0.1, 0.15) is 0 Å². The molecule has 0 rings (SSSR count). The molecule has 0 bridgehead atoms. The molecule has 5 heteroatoms. The Bertz CT molecular complexity index is 50.5. The average Bonchev–Trinajstić information content (AvgIpc) is 1.65. The minimum absolute atomic E-state index is 0. The normalized spacial score (nSPS) is 6.11. The fraction of sp³-hybridized carbons (Fsp3) is 0.750. The summed E-state index contributed by atoms with van der Waals surface area (Å²) in [6.07, 6.45) is 0. The van der Waals surface area contributed by atoms with Gasteiger partial charge in [-0.1, -0.05) is 0 Å². The Labute approximate surface area is 96.3 Å². The third-order valence-corrected chi connectivity index (χ3v) is 0.1000. The van der Waals surface area contributed by atoms with Gasteiger partial charge in [0.15, 0.2) is 0 Å². The molecular weight excluding hydrogens is 151 g/mol. The average molecular weight is 161 g/mol. The van der Waals surface area contributed by atoms with Gasteiger partial charge in [-0.3, -0.25) is 4.79 Å². The SMILES string of the molecule is CC(=O)O.OCCO.[K]. The van der Waals surface area contributed by atoms with Gasteiger partial charge in [-0.2, -0.15) is 0 Å². The fourth-order valence-electron chi connectivity index (χ4n) is 0. The van der Waals surface area contributed by atoms with Crippen LogP contribution in [0, 0.1) is 0 Å². The maximum atomic E-state index is 9.00. The number of rotatable bonds is 1. The van der Waals surface area contributed by atoms with Crippen LogP contribution in [0.1, 0.15) is 6.92 Å². The quantitative estimate of drug-likeness (QED) is 0.417. The Morgan fingerprint density at radius 1 is 1.33 bits per heavy atom. The van der Waals surface area contributed by atoms with Crippen molar-refractivity contribution in [2.45, 2.75) is 6.92 Å². The molecule has 0 spiro atoms. The number of carboxylic acid groups (broad SMARTS) is 1. The standard InChI is InChI=1S/C2H4O2.C2H6O2.K/c1-2(3)4;3-1-2-4;/h1H3,(H,3,4);3-4H,1-2H2;. The van der Waals surface area contributed by atoms with Crippen LogP contribution in [0.25, 0.3) is 0 Å². The van der Waals surface area contributed by atoms with Gasteiger partial charge in [-0.05, 0) is 0 Å². The summed E-state index contributed by atoms with van der Waals surface area (Å²) in [5.41, 5.74) is 0. The van der Waals surface area contributed by atoms with E-state index in [1.165, 1.54) is 0 Å². The first-order valence-corrected chi connectivity index (χ1v) is 2.06. The number of aliphatic hydroxyl groups excluding tert-OH is 2. The zero-order valence-electron chi connectivity index (χ0n) is 5.66. The topological polar surface area (TPSA) is 77.8 Å². The third kappa shape index (κ3) is 109. The van der Waals surface area contributed by atoms with Crippen LogP contribution in [0.2, 0.25) is 0 Å². The number of hydrogen-bond donors (Lipinski definition) is 3. The van der Waals surface area contributed by atoms with E-state index in [1.807, 2.05) is 0 Å². The molecular formula is C4H10KO4. The largest absolute Gasteiger partial charge is 0.481 e. The van der Waals surface area contributed by atoms with E-state index in [2.05, 4.69) is 0 Å². The summed E-state index contributed by atoms with van der Waals surface area (Å²) in [5, 5.41) is 22.7. The first-order valence-electron chi connectivity index (χ1n) is 2.06. The van der Waals surface area contributed by atoms with Gasteiger partial charge in [-0.15, -0.1) is 0 Å². The minimum Gasteiger partial charge on any atom is -0.481 e. The van der Waals surface area contributed by atoms with E-state index in [1.54, 1.807) is 0 Å². The van der Waals surface area contributed by atoms with Crippen molar-refractivity contribution in [1.29, 1.82) is 0 Å². The summed E-state index contributed by atoms with van der Waals surface area (Å²) in [6.45, 7) is 0.833. The van der Waals surface area contributed by atoms with E-state index >= 15 is 0 Å². The Balaban J connectivity index is -0.0000000720. The van der Waals surface area contributed by atoms with E-state index in [9.17, 15) is 0 Å². The molecule has 0 atom stereocenters. The molecule has 0 aromatic heterocycles. The summed E-state index contributed by atoms with van der Waals surface area (Å²) in [5.74, 6) is -0.833. The molecule has 0 saturated carbocycles. The predicted octanol–water partition coefficient (Wildman–Crippen LogP) is -1.32. The van der Waals surface area contributed by atoms with Gasteiger partial charge in [0, 0.05) is 58.3 Å². The molecule has 0 unspecified atom stereocenters. The van der Waals surface area contributed by atoms with Crippen LogP contribution >= 0.6 is 0 Å². The molecule has 0 aromatic rings. The molecule has 0 heterocycles. The van der Waals surface area contributed by atoms with Crippen LogP contribution in [0.3, 0.4) is 0 Å². The fourth-order valence-corrected chi connectivity index (χ4v) is 0. The molecule has 0 fully saturated rings. The van der Waals surface area contributed by atoms with Crippen LogP contribution in [-0.4, -0.2) is 85.9 Å². The van der Waals surface area contributed by atoms with Crippen LogP contribution in [0.4, 0.5) is 0 Å². The van der Waals surface area contributed by atoms with Crippen molar-refractivity contribution in [1.82, 2.24) is 0 Å². The van der Waals surface area contributed by atoms with E-state index < -0.39 is 5.97 Å². The van der Waals surface area contributed by atoms with Crippen molar-refractivity contribution in [3.63, 3.8) is 0 Å².